The minimum absolute atomic E-state index is 0.0526. The van der Waals surface area contributed by atoms with Gasteiger partial charge in [-0.15, -0.1) is 0 Å². The van der Waals surface area contributed by atoms with Crippen molar-refractivity contribution in [3.8, 4) is 5.75 Å². The van der Waals surface area contributed by atoms with Crippen molar-refractivity contribution in [1.82, 2.24) is 4.90 Å². The molecule has 0 fully saturated rings. The molecule has 0 spiro atoms. The summed E-state index contributed by atoms with van der Waals surface area (Å²) in [5.74, 6) is -1.91. The van der Waals surface area contributed by atoms with E-state index in [4.69, 9.17) is 4.74 Å². The minimum Gasteiger partial charge on any atom is -0.478 e. The largest absolute Gasteiger partial charge is 0.478 e. The Hall–Kier alpha value is -3.74. The van der Waals surface area contributed by atoms with Gasteiger partial charge in [-0.25, -0.2) is 13.6 Å². The lowest BCUT2D eigenvalue weighted by molar-refractivity contribution is -0.154. The summed E-state index contributed by atoms with van der Waals surface area (Å²) in [6.45, 7) is 3.97. The number of halogens is 2. The molecule has 0 aliphatic rings. The van der Waals surface area contributed by atoms with Crippen molar-refractivity contribution in [3.05, 3.63) is 101 Å². The molecule has 3 rings (SSSR count). The van der Waals surface area contributed by atoms with Crippen molar-refractivity contribution in [2.45, 2.75) is 51.6 Å². The van der Waals surface area contributed by atoms with Crippen molar-refractivity contribution >= 4 is 11.9 Å². The van der Waals surface area contributed by atoms with Crippen LogP contribution < -0.4 is 4.74 Å². The molecule has 0 saturated heterocycles. The Labute approximate surface area is 216 Å². The molecule has 1 N–H and O–H groups in total. The van der Waals surface area contributed by atoms with E-state index in [1.54, 1.807) is 30.0 Å². The standard InChI is InChI=1S/C30H33F2NO4/c1-3-30(2,29(35)36)37-26-11-7-10-23(20-26)16-18-33(19-17-24-13-14-25(31)21-27(24)32)28(34)15-12-22-8-5-4-6-9-22/h4-11,13-14,20-21H,3,12,15-19H2,1-2H3,(H,35,36). The lowest BCUT2D eigenvalue weighted by Gasteiger charge is -2.25. The molecule has 1 amide bonds. The lowest BCUT2D eigenvalue weighted by Crippen LogP contribution is -2.40. The lowest BCUT2D eigenvalue weighted by atomic mass is 10.0. The summed E-state index contributed by atoms with van der Waals surface area (Å²) in [6, 6.07) is 20.4. The van der Waals surface area contributed by atoms with Crippen LogP contribution in [-0.4, -0.2) is 40.6 Å². The Balaban J connectivity index is 1.70. The summed E-state index contributed by atoms with van der Waals surface area (Å²) in [4.78, 5) is 26.5. The molecular weight excluding hydrogens is 476 g/mol. The van der Waals surface area contributed by atoms with Gasteiger partial charge in [-0.3, -0.25) is 4.79 Å². The molecule has 0 radical (unpaired) electrons. The van der Waals surface area contributed by atoms with Crippen LogP contribution in [0.5, 0.6) is 5.75 Å². The van der Waals surface area contributed by atoms with E-state index in [2.05, 4.69) is 0 Å². The van der Waals surface area contributed by atoms with E-state index >= 15 is 0 Å². The second-order valence-corrected chi connectivity index (χ2v) is 9.24. The number of rotatable bonds is 13. The molecule has 37 heavy (non-hydrogen) atoms. The molecular formula is C30H33F2NO4. The van der Waals surface area contributed by atoms with E-state index in [9.17, 15) is 23.5 Å². The van der Waals surface area contributed by atoms with Crippen LogP contribution in [0.1, 0.15) is 43.4 Å². The van der Waals surface area contributed by atoms with Crippen LogP contribution in [0.15, 0.2) is 72.8 Å². The molecule has 7 heteroatoms. The first kappa shape index (κ1) is 27.8. The Morgan fingerprint density at radius 2 is 1.59 bits per heavy atom. The zero-order valence-electron chi connectivity index (χ0n) is 21.3. The molecule has 3 aromatic rings. The summed E-state index contributed by atoms with van der Waals surface area (Å²) in [7, 11) is 0. The first-order valence-corrected chi connectivity index (χ1v) is 12.5. The Morgan fingerprint density at radius 1 is 0.892 bits per heavy atom. The Bertz CT molecular complexity index is 1200. The first-order chi connectivity index (χ1) is 17.7. The molecule has 0 bridgehead atoms. The number of hydrogen-bond donors (Lipinski definition) is 1. The topological polar surface area (TPSA) is 66.8 Å². The monoisotopic (exact) mass is 509 g/mol. The molecule has 0 aliphatic heterocycles. The fraction of sp³-hybridized carbons (Fsp3) is 0.333. The second kappa shape index (κ2) is 13.0. The molecule has 5 nitrogen and oxygen atoms in total. The number of aliphatic carboxylic acids is 1. The van der Waals surface area contributed by atoms with Crippen LogP contribution >= 0.6 is 0 Å². The van der Waals surface area contributed by atoms with Gasteiger partial charge in [0.2, 0.25) is 11.5 Å². The van der Waals surface area contributed by atoms with Crippen molar-refractivity contribution in [3.63, 3.8) is 0 Å². The highest BCUT2D eigenvalue weighted by Gasteiger charge is 2.33. The van der Waals surface area contributed by atoms with Crippen LogP contribution in [0.4, 0.5) is 8.78 Å². The number of ether oxygens (including phenoxy) is 1. The van der Waals surface area contributed by atoms with E-state index in [1.807, 2.05) is 36.4 Å². The third-order valence-corrected chi connectivity index (χ3v) is 6.53. The number of benzene rings is 3. The summed E-state index contributed by atoms with van der Waals surface area (Å²) in [6.07, 6.45) is 1.98. The van der Waals surface area contributed by atoms with Crippen LogP contribution in [0.3, 0.4) is 0 Å². The number of nitrogens with zero attached hydrogens (tertiary/aromatic N) is 1. The van der Waals surface area contributed by atoms with Gasteiger partial charge in [0.1, 0.15) is 17.4 Å². The van der Waals surface area contributed by atoms with Crippen molar-refractivity contribution in [1.29, 1.82) is 0 Å². The molecule has 0 saturated carbocycles. The summed E-state index contributed by atoms with van der Waals surface area (Å²) in [5.41, 5.74) is 0.958. The summed E-state index contributed by atoms with van der Waals surface area (Å²) >= 11 is 0. The van der Waals surface area contributed by atoms with E-state index in [1.165, 1.54) is 19.1 Å². The Morgan fingerprint density at radius 3 is 2.27 bits per heavy atom. The van der Waals surface area contributed by atoms with Crippen LogP contribution in [0.2, 0.25) is 0 Å². The maximum atomic E-state index is 14.2. The minimum atomic E-state index is -1.34. The van der Waals surface area contributed by atoms with Crippen molar-refractivity contribution in [2.75, 3.05) is 13.1 Å². The van der Waals surface area contributed by atoms with E-state index in [0.29, 0.717) is 50.1 Å². The number of carbonyl (C=O) groups is 2. The molecule has 196 valence electrons. The highest BCUT2D eigenvalue weighted by Crippen LogP contribution is 2.23. The van der Waals surface area contributed by atoms with Gasteiger partial charge in [0.15, 0.2) is 0 Å². The van der Waals surface area contributed by atoms with E-state index in [0.717, 1.165) is 17.2 Å². The number of aryl methyl sites for hydroxylation is 1. The number of hydrogen-bond acceptors (Lipinski definition) is 3. The van der Waals surface area contributed by atoms with Gasteiger partial charge in [-0.1, -0.05) is 55.5 Å². The number of carbonyl (C=O) groups excluding carboxylic acids is 1. The zero-order valence-corrected chi connectivity index (χ0v) is 21.3. The number of carboxylic acid groups (broad SMARTS) is 1. The third-order valence-electron chi connectivity index (χ3n) is 6.53. The zero-order chi connectivity index (χ0) is 26.8. The van der Waals surface area contributed by atoms with Gasteiger partial charge < -0.3 is 14.7 Å². The summed E-state index contributed by atoms with van der Waals surface area (Å²) in [5, 5.41) is 9.50. The normalized spacial score (nSPS) is 12.5. The predicted octanol–water partition coefficient (Wildman–Crippen LogP) is 5.84. The maximum absolute atomic E-state index is 14.2. The third kappa shape index (κ3) is 8.13. The maximum Gasteiger partial charge on any atom is 0.347 e. The molecule has 0 aliphatic carbocycles. The number of amides is 1. The molecule has 1 unspecified atom stereocenters. The van der Waals surface area contributed by atoms with Crippen LogP contribution in [0, 0.1) is 11.6 Å². The van der Waals surface area contributed by atoms with Crippen LogP contribution in [-0.2, 0) is 28.9 Å². The average Bonchev–Trinajstić information content (AvgIpc) is 2.89. The van der Waals surface area contributed by atoms with E-state index in [-0.39, 0.29) is 12.3 Å². The quantitative estimate of drug-likeness (QED) is 0.314. The summed E-state index contributed by atoms with van der Waals surface area (Å²) < 4.78 is 33.3. The molecule has 0 heterocycles. The molecule has 1 atom stereocenters. The van der Waals surface area contributed by atoms with Crippen LogP contribution in [0.25, 0.3) is 0 Å². The van der Waals surface area contributed by atoms with Crippen molar-refractivity contribution in [2.24, 2.45) is 0 Å². The second-order valence-electron chi connectivity index (χ2n) is 9.24. The predicted molar refractivity (Wildman–Crippen MR) is 139 cm³/mol. The van der Waals surface area contributed by atoms with Gasteiger partial charge in [-0.05, 0) is 67.5 Å². The van der Waals surface area contributed by atoms with Gasteiger partial charge in [-0.2, -0.15) is 0 Å². The Kier molecular flexibility index (Phi) is 9.78. The van der Waals surface area contributed by atoms with E-state index < -0.39 is 23.2 Å². The van der Waals surface area contributed by atoms with Gasteiger partial charge >= 0.3 is 5.97 Å². The first-order valence-electron chi connectivity index (χ1n) is 12.5. The highest BCUT2D eigenvalue weighted by atomic mass is 19.1. The van der Waals surface area contributed by atoms with Crippen molar-refractivity contribution < 1.29 is 28.2 Å². The van der Waals surface area contributed by atoms with Gasteiger partial charge in [0, 0.05) is 25.6 Å². The number of carboxylic acids is 1. The molecule has 0 aromatic heterocycles. The molecule has 3 aromatic carbocycles. The highest BCUT2D eigenvalue weighted by molar-refractivity contribution is 5.77. The average molecular weight is 510 g/mol. The fourth-order valence-electron chi connectivity index (χ4n) is 3.95. The van der Waals surface area contributed by atoms with Gasteiger partial charge in [0.25, 0.3) is 0 Å². The SMILES string of the molecule is CCC(C)(Oc1cccc(CCN(CCc2ccc(F)cc2F)C(=O)CCc2ccccc2)c1)C(=O)O. The van der Waals surface area contributed by atoms with Gasteiger partial charge in [0.05, 0.1) is 0 Å². The fourth-order valence-corrected chi connectivity index (χ4v) is 3.95. The smallest absolute Gasteiger partial charge is 0.347 e.